The number of nitriles is 1. The minimum absolute atomic E-state index is 0.105. The molecule has 4 aromatic rings. The zero-order valence-electron chi connectivity index (χ0n) is 18.0. The Balaban J connectivity index is 1.80. The maximum atomic E-state index is 14.2. The Bertz CT molecular complexity index is 1370. The molecule has 0 amide bonds. The van der Waals surface area contributed by atoms with Gasteiger partial charge in [-0.3, -0.25) is 0 Å². The second kappa shape index (κ2) is 7.42. The summed E-state index contributed by atoms with van der Waals surface area (Å²) in [6.45, 7) is 4.18. The molecule has 1 aliphatic carbocycles. The average Bonchev–Trinajstić information content (AvgIpc) is 3.36. The molecule has 2 aromatic carbocycles. The molecule has 0 saturated heterocycles. The lowest BCUT2D eigenvalue weighted by Gasteiger charge is -2.32. The van der Waals surface area contributed by atoms with Crippen LogP contribution in [0.4, 0.5) is 8.78 Å². The van der Waals surface area contributed by atoms with Crippen molar-refractivity contribution in [3.63, 3.8) is 0 Å². The van der Waals surface area contributed by atoms with Gasteiger partial charge in [-0.05, 0) is 67.3 Å². The second-order valence-electron chi connectivity index (χ2n) is 9.09. The largest absolute Gasteiger partial charge is 0.375 e. The molecule has 0 aliphatic heterocycles. The van der Waals surface area contributed by atoms with E-state index >= 15 is 0 Å². The molecule has 164 valence electrons. The average molecular weight is 434 g/mol. The number of benzene rings is 2. The third-order valence-electron chi connectivity index (χ3n) is 6.72. The van der Waals surface area contributed by atoms with E-state index in [-0.39, 0.29) is 11.8 Å². The van der Waals surface area contributed by atoms with Gasteiger partial charge in [-0.15, -0.1) is 0 Å². The highest BCUT2D eigenvalue weighted by Crippen LogP contribution is 2.46. The van der Waals surface area contributed by atoms with Crippen LogP contribution in [0.5, 0.6) is 0 Å². The molecule has 0 radical (unpaired) electrons. The number of nitrogens with zero attached hydrogens (tertiary/aromatic N) is 3. The normalized spacial score (nSPS) is 21.5. The summed E-state index contributed by atoms with van der Waals surface area (Å²) in [5.41, 5.74) is 4.05. The van der Waals surface area contributed by atoms with E-state index in [9.17, 15) is 19.1 Å². The number of hydrogen-bond acceptors (Lipinski definition) is 3. The maximum absolute atomic E-state index is 14.2. The van der Waals surface area contributed by atoms with Crippen LogP contribution in [0.3, 0.4) is 0 Å². The maximum Gasteiger partial charge on any atom is 0.160 e. The van der Waals surface area contributed by atoms with Crippen molar-refractivity contribution >= 4 is 21.9 Å². The third kappa shape index (κ3) is 3.18. The number of nitrogens with one attached hydrogen (secondary N) is 1. The highest BCUT2D eigenvalue weighted by molar-refractivity contribution is 5.98. The van der Waals surface area contributed by atoms with Crippen LogP contribution >= 0.6 is 0 Å². The van der Waals surface area contributed by atoms with Crippen molar-refractivity contribution in [3.05, 3.63) is 59.6 Å². The Hall–Kier alpha value is -3.24. The predicted molar refractivity (Wildman–Crippen MR) is 119 cm³/mol. The van der Waals surface area contributed by atoms with E-state index in [4.69, 9.17) is 0 Å². The molecule has 2 N–H and O–H groups in total. The van der Waals surface area contributed by atoms with E-state index in [1.165, 1.54) is 6.07 Å². The summed E-state index contributed by atoms with van der Waals surface area (Å²) in [6.07, 6.45) is 3.83. The summed E-state index contributed by atoms with van der Waals surface area (Å²) in [6, 6.07) is 10.1. The highest BCUT2D eigenvalue weighted by atomic mass is 19.2. The highest BCUT2D eigenvalue weighted by Gasteiger charge is 2.36. The fraction of sp³-hybridized carbons (Fsp3) is 0.360. The van der Waals surface area contributed by atoms with Crippen LogP contribution in [0.2, 0.25) is 0 Å². The fourth-order valence-electron chi connectivity index (χ4n) is 5.16. The monoisotopic (exact) mass is 434 g/mol. The van der Waals surface area contributed by atoms with Crippen LogP contribution in [0, 0.1) is 23.0 Å². The van der Waals surface area contributed by atoms with Gasteiger partial charge in [0, 0.05) is 22.8 Å². The molecule has 1 fully saturated rings. The number of aliphatic hydroxyl groups is 1. The minimum Gasteiger partial charge on any atom is -0.375 e. The van der Waals surface area contributed by atoms with Gasteiger partial charge in [0.25, 0.3) is 0 Å². The molecule has 5 rings (SSSR count). The molecule has 2 aromatic heterocycles. The number of fused-ring (bicyclic) bond motifs is 2. The predicted octanol–water partition coefficient (Wildman–Crippen LogP) is 5.82. The van der Waals surface area contributed by atoms with Gasteiger partial charge in [0.2, 0.25) is 0 Å². The first-order valence-corrected chi connectivity index (χ1v) is 10.9. The standard InChI is InChI=1S/C25H24F2N4O/c1-14(2)24-23(15-5-7-25(32,12-28)8-6-15)17-10-20-21(30-13-29-20)11-22(17)31(24)16-3-4-18(26)19(27)9-16/h3-4,9-11,13-15,32H,5-8H2,1-2H3,(H,29,30). The second-order valence-corrected chi connectivity index (χ2v) is 9.09. The van der Waals surface area contributed by atoms with Crippen molar-refractivity contribution in [2.24, 2.45) is 0 Å². The summed E-state index contributed by atoms with van der Waals surface area (Å²) in [5.74, 6) is -1.52. The van der Waals surface area contributed by atoms with E-state index in [0.29, 0.717) is 31.4 Å². The van der Waals surface area contributed by atoms with Gasteiger partial charge in [0.15, 0.2) is 17.2 Å². The first-order valence-electron chi connectivity index (χ1n) is 10.9. The molecular formula is C25H24F2N4O. The smallest absolute Gasteiger partial charge is 0.160 e. The Morgan fingerprint density at radius 2 is 1.94 bits per heavy atom. The molecular weight excluding hydrogens is 410 g/mol. The van der Waals surface area contributed by atoms with Gasteiger partial charge in [0.1, 0.15) is 0 Å². The fourth-order valence-corrected chi connectivity index (χ4v) is 5.16. The Labute approximate surface area is 184 Å². The number of halogens is 2. The van der Waals surface area contributed by atoms with Gasteiger partial charge in [-0.2, -0.15) is 5.26 Å². The summed E-state index contributed by atoms with van der Waals surface area (Å²) in [4.78, 5) is 7.55. The van der Waals surface area contributed by atoms with Gasteiger partial charge in [0.05, 0.1) is 28.9 Å². The van der Waals surface area contributed by atoms with Crippen LogP contribution in [0.15, 0.2) is 36.7 Å². The number of hydrogen-bond donors (Lipinski definition) is 2. The van der Waals surface area contributed by atoms with Crippen molar-refractivity contribution < 1.29 is 13.9 Å². The molecule has 1 saturated carbocycles. The molecule has 7 heteroatoms. The number of H-pyrrole nitrogens is 1. The van der Waals surface area contributed by atoms with Crippen molar-refractivity contribution in [1.82, 2.24) is 14.5 Å². The van der Waals surface area contributed by atoms with Crippen molar-refractivity contribution in [2.75, 3.05) is 0 Å². The first kappa shape index (κ1) is 20.7. The lowest BCUT2D eigenvalue weighted by Crippen LogP contribution is -2.31. The number of aromatic amines is 1. The molecule has 0 unspecified atom stereocenters. The third-order valence-corrected chi connectivity index (χ3v) is 6.72. The van der Waals surface area contributed by atoms with E-state index in [0.717, 1.165) is 39.3 Å². The minimum atomic E-state index is -1.27. The van der Waals surface area contributed by atoms with E-state index < -0.39 is 17.2 Å². The SMILES string of the molecule is CC(C)c1c(C2CCC(O)(C#N)CC2)c2cc3[nH]cnc3cc2n1-c1ccc(F)c(F)c1. The van der Waals surface area contributed by atoms with Crippen LogP contribution in [-0.2, 0) is 0 Å². The van der Waals surface area contributed by atoms with Gasteiger partial charge < -0.3 is 14.7 Å². The molecule has 32 heavy (non-hydrogen) atoms. The molecule has 0 bridgehead atoms. The van der Waals surface area contributed by atoms with Crippen LogP contribution < -0.4 is 0 Å². The number of imidazole rings is 1. The lowest BCUT2D eigenvalue weighted by atomic mass is 9.75. The topological polar surface area (TPSA) is 77.6 Å². The molecule has 0 spiro atoms. The van der Waals surface area contributed by atoms with Crippen LogP contribution in [0.25, 0.3) is 27.6 Å². The Kier molecular flexibility index (Phi) is 4.79. The van der Waals surface area contributed by atoms with E-state index in [1.54, 1.807) is 12.4 Å². The van der Waals surface area contributed by atoms with Crippen molar-refractivity contribution in [2.45, 2.75) is 57.0 Å². The summed E-state index contributed by atoms with van der Waals surface area (Å²) < 4.78 is 29.9. The summed E-state index contributed by atoms with van der Waals surface area (Å²) >= 11 is 0. The lowest BCUT2D eigenvalue weighted by molar-refractivity contribution is 0.0528. The molecule has 5 nitrogen and oxygen atoms in total. The van der Waals surface area contributed by atoms with Gasteiger partial charge in [-0.25, -0.2) is 13.8 Å². The van der Waals surface area contributed by atoms with Crippen molar-refractivity contribution in [1.29, 1.82) is 5.26 Å². The van der Waals surface area contributed by atoms with Gasteiger partial charge >= 0.3 is 0 Å². The summed E-state index contributed by atoms with van der Waals surface area (Å²) in [7, 11) is 0. The van der Waals surface area contributed by atoms with E-state index in [2.05, 4.69) is 36.0 Å². The number of rotatable bonds is 3. The Morgan fingerprint density at radius 1 is 1.19 bits per heavy atom. The van der Waals surface area contributed by atoms with Gasteiger partial charge in [-0.1, -0.05) is 13.8 Å². The molecule has 1 aliphatic rings. The summed E-state index contributed by atoms with van der Waals surface area (Å²) in [5, 5.41) is 20.8. The van der Waals surface area contributed by atoms with Crippen LogP contribution in [0.1, 0.15) is 62.6 Å². The molecule has 0 atom stereocenters. The zero-order chi connectivity index (χ0) is 22.6. The van der Waals surface area contributed by atoms with E-state index in [1.807, 2.05) is 10.6 Å². The quantitative estimate of drug-likeness (QED) is 0.399. The zero-order valence-corrected chi connectivity index (χ0v) is 18.0. The Morgan fingerprint density at radius 3 is 2.59 bits per heavy atom. The number of aromatic nitrogens is 3. The molecule has 2 heterocycles. The van der Waals surface area contributed by atoms with Crippen LogP contribution in [-0.4, -0.2) is 25.2 Å². The van der Waals surface area contributed by atoms with Crippen molar-refractivity contribution in [3.8, 4) is 11.8 Å². The first-order chi connectivity index (χ1) is 15.3.